The summed E-state index contributed by atoms with van der Waals surface area (Å²) >= 11 is 0. The molecular formula is C16H19FN2O4. The van der Waals surface area contributed by atoms with Gasteiger partial charge < -0.3 is 24.5 Å². The number of aromatic nitrogens is 1. The maximum atomic E-state index is 13.9. The molecule has 0 bridgehead atoms. The Bertz CT molecular complexity index is 715. The van der Waals surface area contributed by atoms with Gasteiger partial charge in [0.05, 0.1) is 31.4 Å². The molecule has 2 aromatic rings. The number of carbonyl (C=O) groups is 1. The van der Waals surface area contributed by atoms with Gasteiger partial charge in [-0.15, -0.1) is 0 Å². The summed E-state index contributed by atoms with van der Waals surface area (Å²) in [7, 11) is 3.11. The van der Waals surface area contributed by atoms with Gasteiger partial charge in [0.2, 0.25) is 0 Å². The largest absolute Gasteiger partial charge is 0.496 e. The third-order valence-electron chi connectivity index (χ3n) is 4.08. The first-order valence-corrected chi connectivity index (χ1v) is 7.40. The molecule has 2 heterocycles. The Balaban J connectivity index is 1.85. The number of amides is 1. The van der Waals surface area contributed by atoms with E-state index in [1.807, 2.05) is 0 Å². The van der Waals surface area contributed by atoms with Crippen LogP contribution in [0.4, 0.5) is 4.39 Å². The van der Waals surface area contributed by atoms with Gasteiger partial charge >= 0.3 is 0 Å². The standard InChI is InChI=1S/C16H19FN2O4/c1-21-13-4-3-10(17)15-9(13)7-11(18-15)16(20)19-12-8-23-6-5-14(12)22-2/h3-4,7,12,14,18H,5-6,8H2,1-2H3,(H,19,20)/t12-,14-/m1/s1. The molecule has 2 N–H and O–H groups in total. The molecule has 0 spiro atoms. The minimum Gasteiger partial charge on any atom is -0.496 e. The molecule has 1 aliphatic heterocycles. The summed E-state index contributed by atoms with van der Waals surface area (Å²) in [5.74, 6) is -0.261. The number of benzene rings is 1. The number of H-pyrrole nitrogens is 1. The molecule has 1 amide bonds. The lowest BCUT2D eigenvalue weighted by Crippen LogP contribution is -2.50. The molecule has 0 unspecified atom stereocenters. The van der Waals surface area contributed by atoms with Gasteiger partial charge in [0.25, 0.3) is 5.91 Å². The van der Waals surface area contributed by atoms with Gasteiger partial charge in [0, 0.05) is 19.1 Å². The van der Waals surface area contributed by atoms with Crippen molar-refractivity contribution in [1.29, 1.82) is 0 Å². The number of methoxy groups -OCH3 is 2. The fourth-order valence-electron chi connectivity index (χ4n) is 2.84. The van der Waals surface area contributed by atoms with Crippen LogP contribution in [0, 0.1) is 5.82 Å². The molecule has 1 fully saturated rings. The zero-order valence-corrected chi connectivity index (χ0v) is 13.0. The Morgan fingerprint density at radius 3 is 3.00 bits per heavy atom. The predicted molar refractivity (Wildman–Crippen MR) is 82.3 cm³/mol. The molecular weight excluding hydrogens is 303 g/mol. The summed E-state index contributed by atoms with van der Waals surface area (Å²) in [4.78, 5) is 15.3. The molecule has 1 aromatic heterocycles. The smallest absolute Gasteiger partial charge is 0.268 e. The van der Waals surface area contributed by atoms with E-state index < -0.39 is 5.82 Å². The number of halogens is 1. The Kier molecular flexibility index (Phi) is 4.49. The Morgan fingerprint density at radius 1 is 1.43 bits per heavy atom. The normalized spacial score (nSPS) is 21.3. The van der Waals surface area contributed by atoms with Crippen molar-refractivity contribution < 1.29 is 23.4 Å². The average molecular weight is 322 g/mol. The maximum Gasteiger partial charge on any atom is 0.268 e. The van der Waals surface area contributed by atoms with Gasteiger partial charge in [-0.1, -0.05) is 0 Å². The van der Waals surface area contributed by atoms with Crippen molar-refractivity contribution in [3.05, 3.63) is 29.7 Å². The SMILES string of the molecule is COc1ccc(F)c2[nH]c(C(=O)N[C@@H]3COCC[C@H]3OC)cc12. The van der Waals surface area contributed by atoms with Crippen LogP contribution in [-0.2, 0) is 9.47 Å². The number of nitrogens with one attached hydrogen (secondary N) is 2. The van der Waals surface area contributed by atoms with E-state index in [1.54, 1.807) is 13.2 Å². The minimum atomic E-state index is -0.435. The molecule has 1 saturated heterocycles. The van der Waals surface area contributed by atoms with E-state index in [0.717, 1.165) is 6.42 Å². The first-order chi connectivity index (χ1) is 11.1. The minimum absolute atomic E-state index is 0.0941. The van der Waals surface area contributed by atoms with Crippen LogP contribution < -0.4 is 10.1 Å². The van der Waals surface area contributed by atoms with E-state index in [9.17, 15) is 9.18 Å². The number of carbonyl (C=O) groups excluding carboxylic acids is 1. The van der Waals surface area contributed by atoms with Crippen LogP contribution in [-0.4, -0.2) is 50.5 Å². The van der Waals surface area contributed by atoms with Crippen LogP contribution in [0.25, 0.3) is 10.9 Å². The van der Waals surface area contributed by atoms with Crippen LogP contribution in [0.5, 0.6) is 5.75 Å². The van der Waals surface area contributed by atoms with Gasteiger partial charge in [-0.05, 0) is 24.6 Å². The lowest BCUT2D eigenvalue weighted by molar-refractivity contribution is -0.0349. The molecule has 3 rings (SSSR count). The monoisotopic (exact) mass is 322 g/mol. The van der Waals surface area contributed by atoms with E-state index >= 15 is 0 Å². The lowest BCUT2D eigenvalue weighted by Gasteiger charge is -2.30. The summed E-state index contributed by atoms with van der Waals surface area (Å²) < 4.78 is 29.8. The summed E-state index contributed by atoms with van der Waals surface area (Å²) in [6.45, 7) is 1.00. The Morgan fingerprint density at radius 2 is 2.26 bits per heavy atom. The van der Waals surface area contributed by atoms with Gasteiger partial charge in [-0.3, -0.25) is 4.79 Å². The molecule has 1 aromatic carbocycles. The summed E-state index contributed by atoms with van der Waals surface area (Å²) in [6, 6.07) is 4.18. The average Bonchev–Trinajstić information content (AvgIpc) is 3.02. The molecule has 0 saturated carbocycles. The van der Waals surface area contributed by atoms with E-state index in [1.165, 1.54) is 19.2 Å². The Labute approximate surface area is 132 Å². The lowest BCUT2D eigenvalue weighted by atomic mass is 10.1. The first-order valence-electron chi connectivity index (χ1n) is 7.40. The topological polar surface area (TPSA) is 72.6 Å². The summed E-state index contributed by atoms with van der Waals surface area (Å²) in [6.07, 6.45) is 0.625. The third kappa shape index (κ3) is 3.02. The van der Waals surface area contributed by atoms with E-state index in [0.29, 0.717) is 24.3 Å². The number of fused-ring (bicyclic) bond motifs is 1. The van der Waals surface area contributed by atoms with Crippen molar-refractivity contribution in [2.75, 3.05) is 27.4 Å². The van der Waals surface area contributed by atoms with Crippen LogP contribution in [0.1, 0.15) is 16.9 Å². The summed E-state index contributed by atoms with van der Waals surface area (Å²) in [5, 5.41) is 3.40. The van der Waals surface area contributed by atoms with Crippen molar-refractivity contribution in [2.45, 2.75) is 18.6 Å². The molecule has 0 radical (unpaired) electrons. The summed E-state index contributed by atoms with van der Waals surface area (Å²) in [5.41, 5.74) is 0.515. The number of ether oxygens (including phenoxy) is 3. The highest BCUT2D eigenvalue weighted by Gasteiger charge is 2.28. The van der Waals surface area contributed by atoms with Gasteiger partial charge in [-0.25, -0.2) is 4.39 Å². The van der Waals surface area contributed by atoms with E-state index in [4.69, 9.17) is 14.2 Å². The molecule has 124 valence electrons. The fourth-order valence-corrected chi connectivity index (χ4v) is 2.84. The van der Waals surface area contributed by atoms with Gasteiger partial charge in [0.1, 0.15) is 17.3 Å². The maximum absolute atomic E-state index is 13.9. The quantitative estimate of drug-likeness (QED) is 0.901. The molecule has 1 aliphatic rings. The third-order valence-corrected chi connectivity index (χ3v) is 4.08. The number of rotatable bonds is 4. The van der Waals surface area contributed by atoms with Crippen molar-refractivity contribution >= 4 is 16.8 Å². The molecule has 2 atom stereocenters. The highest BCUT2D eigenvalue weighted by molar-refractivity contribution is 6.00. The molecule has 7 heteroatoms. The van der Waals surface area contributed by atoms with E-state index in [-0.39, 0.29) is 29.3 Å². The molecule has 23 heavy (non-hydrogen) atoms. The fraction of sp³-hybridized carbons (Fsp3) is 0.438. The zero-order chi connectivity index (χ0) is 16.4. The molecule has 0 aliphatic carbocycles. The second kappa shape index (κ2) is 6.55. The van der Waals surface area contributed by atoms with Gasteiger partial charge in [-0.2, -0.15) is 0 Å². The Hall–Kier alpha value is -2.12. The van der Waals surface area contributed by atoms with Crippen LogP contribution in [0.15, 0.2) is 18.2 Å². The number of aromatic amines is 1. The number of hydrogen-bond acceptors (Lipinski definition) is 4. The highest BCUT2D eigenvalue weighted by Crippen LogP contribution is 2.28. The molecule has 6 nitrogen and oxygen atoms in total. The van der Waals surface area contributed by atoms with E-state index in [2.05, 4.69) is 10.3 Å². The van der Waals surface area contributed by atoms with Crippen molar-refractivity contribution in [2.24, 2.45) is 0 Å². The van der Waals surface area contributed by atoms with Crippen LogP contribution in [0.2, 0.25) is 0 Å². The predicted octanol–water partition coefficient (Wildman–Crippen LogP) is 1.85. The second-order valence-electron chi connectivity index (χ2n) is 5.44. The zero-order valence-electron chi connectivity index (χ0n) is 13.0. The second-order valence-corrected chi connectivity index (χ2v) is 5.44. The van der Waals surface area contributed by atoms with Crippen LogP contribution >= 0.6 is 0 Å². The highest BCUT2D eigenvalue weighted by atomic mass is 19.1. The first kappa shape index (κ1) is 15.8. The van der Waals surface area contributed by atoms with Crippen molar-refractivity contribution in [1.82, 2.24) is 10.3 Å². The van der Waals surface area contributed by atoms with Gasteiger partial charge in [0.15, 0.2) is 0 Å². The van der Waals surface area contributed by atoms with Crippen LogP contribution in [0.3, 0.4) is 0 Å². The van der Waals surface area contributed by atoms with Crippen molar-refractivity contribution in [3.63, 3.8) is 0 Å². The van der Waals surface area contributed by atoms with Crippen molar-refractivity contribution in [3.8, 4) is 5.75 Å². The number of hydrogen-bond donors (Lipinski definition) is 2.